The Hall–Kier alpha value is -3.03. The molecule has 1 aromatic carbocycles. The quantitative estimate of drug-likeness (QED) is 0.686. The second-order valence-electron chi connectivity index (χ2n) is 8.21. The zero-order valence-electron chi connectivity index (χ0n) is 16.5. The van der Waals surface area contributed by atoms with Gasteiger partial charge in [0.15, 0.2) is 5.65 Å². The van der Waals surface area contributed by atoms with E-state index < -0.39 is 17.7 Å². The summed E-state index contributed by atoms with van der Waals surface area (Å²) in [6.07, 6.45) is 5.95. The normalized spacial score (nSPS) is 19.3. The summed E-state index contributed by atoms with van der Waals surface area (Å²) >= 11 is 0. The molecule has 1 aliphatic heterocycles. The van der Waals surface area contributed by atoms with Crippen LogP contribution < -0.4 is 5.32 Å². The number of rotatable bonds is 4. The maximum atomic E-state index is 13.9. The molecule has 3 aromatic rings. The number of nitrogens with zero attached hydrogens (tertiary/aromatic N) is 4. The summed E-state index contributed by atoms with van der Waals surface area (Å²) in [6.45, 7) is 1.90. The Morgan fingerprint density at radius 1 is 1.20 bits per heavy atom. The number of halogens is 2. The topological polar surface area (TPSA) is 63.1 Å². The Balaban J connectivity index is 1.31. The fourth-order valence-electron chi connectivity index (χ4n) is 4.25. The van der Waals surface area contributed by atoms with E-state index in [1.54, 1.807) is 11.1 Å². The van der Waals surface area contributed by atoms with E-state index in [4.69, 9.17) is 4.98 Å². The predicted molar refractivity (Wildman–Crippen MR) is 109 cm³/mol. The van der Waals surface area contributed by atoms with Crippen LogP contribution in [-0.4, -0.2) is 38.6 Å². The number of amides is 2. The van der Waals surface area contributed by atoms with Crippen molar-refractivity contribution in [2.24, 2.45) is 5.92 Å². The Labute approximate surface area is 172 Å². The van der Waals surface area contributed by atoms with Gasteiger partial charge in [0.1, 0.15) is 23.0 Å². The minimum absolute atomic E-state index is 0.136. The number of nitrogens with one attached hydrogen (secondary N) is 1. The van der Waals surface area contributed by atoms with Gasteiger partial charge in [-0.3, -0.25) is 0 Å². The maximum Gasteiger partial charge on any atom is 0.321 e. The van der Waals surface area contributed by atoms with E-state index in [1.807, 2.05) is 12.1 Å². The number of urea groups is 1. The molecule has 0 spiro atoms. The third-order valence-electron chi connectivity index (χ3n) is 5.89. The molecule has 1 saturated heterocycles. The molecule has 2 amide bonds. The third kappa shape index (κ3) is 3.74. The highest BCUT2D eigenvalue weighted by molar-refractivity contribution is 5.89. The van der Waals surface area contributed by atoms with Gasteiger partial charge < -0.3 is 14.8 Å². The summed E-state index contributed by atoms with van der Waals surface area (Å²) in [7, 11) is 0. The SMILES string of the molecule is O=C(Nc1cc(F)ccc1F)N1CCCC(Cn2c(C3CC3)nc3cccnc32)C1. The van der Waals surface area contributed by atoms with Crippen molar-refractivity contribution in [2.45, 2.75) is 38.1 Å². The minimum Gasteiger partial charge on any atom is -0.324 e. The summed E-state index contributed by atoms with van der Waals surface area (Å²) in [6, 6.07) is 6.52. The summed E-state index contributed by atoms with van der Waals surface area (Å²) in [5.41, 5.74) is 1.66. The smallest absolute Gasteiger partial charge is 0.321 e. The average molecular weight is 411 g/mol. The summed E-state index contributed by atoms with van der Waals surface area (Å²) < 4.78 is 29.5. The Morgan fingerprint density at radius 2 is 2.07 bits per heavy atom. The standard InChI is InChI=1S/C22H23F2N5O/c23-16-7-8-17(24)19(11-16)27-22(30)28-10-2-3-14(12-28)13-29-20(15-5-6-15)26-18-4-1-9-25-21(18)29/h1,4,7-9,11,14-15H,2-3,5-6,10,12-13H2,(H,27,30). The summed E-state index contributed by atoms with van der Waals surface area (Å²) in [5, 5.41) is 2.51. The van der Waals surface area contributed by atoms with E-state index in [9.17, 15) is 13.6 Å². The first-order valence-electron chi connectivity index (χ1n) is 10.4. The van der Waals surface area contributed by atoms with Crippen molar-refractivity contribution >= 4 is 22.9 Å². The van der Waals surface area contributed by atoms with Crippen LogP contribution in [-0.2, 0) is 6.54 Å². The first kappa shape index (κ1) is 19.0. The van der Waals surface area contributed by atoms with Crippen molar-refractivity contribution in [2.75, 3.05) is 18.4 Å². The molecule has 5 rings (SSSR count). The molecule has 0 bridgehead atoms. The Bertz CT molecular complexity index is 1090. The fourth-order valence-corrected chi connectivity index (χ4v) is 4.25. The van der Waals surface area contributed by atoms with Gasteiger partial charge in [0, 0.05) is 37.8 Å². The molecule has 8 heteroatoms. The number of hydrogen-bond acceptors (Lipinski definition) is 3. The number of fused-ring (bicyclic) bond motifs is 1. The number of carbonyl (C=O) groups excluding carboxylic acids is 1. The number of anilines is 1. The van der Waals surface area contributed by atoms with Crippen LogP contribution in [0.2, 0.25) is 0 Å². The number of imidazole rings is 1. The molecule has 1 saturated carbocycles. The van der Waals surface area contributed by atoms with Gasteiger partial charge in [-0.1, -0.05) is 0 Å². The number of aromatic nitrogens is 3. The highest BCUT2D eigenvalue weighted by Gasteiger charge is 2.32. The van der Waals surface area contributed by atoms with Crippen molar-refractivity contribution in [3.8, 4) is 0 Å². The molecule has 1 aliphatic carbocycles. The molecule has 30 heavy (non-hydrogen) atoms. The zero-order chi connectivity index (χ0) is 20.7. The van der Waals surface area contributed by atoms with Gasteiger partial charge in [0.25, 0.3) is 0 Å². The van der Waals surface area contributed by atoms with Crippen LogP contribution in [0.25, 0.3) is 11.2 Å². The number of carbonyl (C=O) groups is 1. The number of piperidine rings is 1. The predicted octanol–water partition coefficient (Wildman–Crippen LogP) is 4.53. The minimum atomic E-state index is -0.650. The Kier molecular flexibility index (Phi) is 4.84. The van der Waals surface area contributed by atoms with Gasteiger partial charge in [-0.2, -0.15) is 0 Å². The number of benzene rings is 1. The lowest BCUT2D eigenvalue weighted by Gasteiger charge is -2.33. The highest BCUT2D eigenvalue weighted by Crippen LogP contribution is 2.41. The van der Waals surface area contributed by atoms with Crippen LogP contribution in [0, 0.1) is 17.6 Å². The van der Waals surface area contributed by atoms with E-state index in [-0.39, 0.29) is 11.6 Å². The van der Waals surface area contributed by atoms with Crippen molar-refractivity contribution in [3.05, 3.63) is 54.0 Å². The molecule has 2 aliphatic rings. The summed E-state index contributed by atoms with van der Waals surface area (Å²) in [5.74, 6) is 0.600. The van der Waals surface area contributed by atoms with Crippen LogP contribution in [0.3, 0.4) is 0 Å². The van der Waals surface area contributed by atoms with Crippen LogP contribution in [0.4, 0.5) is 19.3 Å². The van der Waals surface area contributed by atoms with Crippen LogP contribution in [0.5, 0.6) is 0 Å². The van der Waals surface area contributed by atoms with Gasteiger partial charge in [0.05, 0.1) is 5.69 Å². The lowest BCUT2D eigenvalue weighted by molar-refractivity contribution is 0.170. The molecular formula is C22H23F2N5O. The highest BCUT2D eigenvalue weighted by atomic mass is 19.1. The lowest BCUT2D eigenvalue weighted by Crippen LogP contribution is -2.43. The van der Waals surface area contributed by atoms with Crippen molar-refractivity contribution in [3.63, 3.8) is 0 Å². The molecule has 156 valence electrons. The van der Waals surface area contributed by atoms with Crippen LogP contribution >= 0.6 is 0 Å². The van der Waals surface area contributed by atoms with Crippen LogP contribution in [0.1, 0.15) is 37.4 Å². The molecule has 1 atom stereocenters. The van der Waals surface area contributed by atoms with E-state index in [2.05, 4.69) is 14.9 Å². The van der Waals surface area contributed by atoms with Gasteiger partial charge in [-0.05, 0) is 55.9 Å². The van der Waals surface area contributed by atoms with Gasteiger partial charge in [-0.15, -0.1) is 0 Å². The summed E-state index contributed by atoms with van der Waals surface area (Å²) in [4.78, 5) is 23.7. The third-order valence-corrected chi connectivity index (χ3v) is 5.89. The van der Waals surface area contributed by atoms with Crippen molar-refractivity contribution in [1.29, 1.82) is 0 Å². The number of hydrogen-bond donors (Lipinski definition) is 1. The van der Waals surface area contributed by atoms with Crippen molar-refractivity contribution < 1.29 is 13.6 Å². The molecule has 2 aromatic heterocycles. The largest absolute Gasteiger partial charge is 0.324 e. The van der Waals surface area contributed by atoms with E-state index in [1.165, 1.54) is 0 Å². The fraction of sp³-hybridized carbons (Fsp3) is 0.409. The van der Waals surface area contributed by atoms with Crippen LogP contribution in [0.15, 0.2) is 36.5 Å². The first-order chi connectivity index (χ1) is 14.6. The van der Waals surface area contributed by atoms with E-state index in [0.717, 1.165) is 67.4 Å². The second-order valence-corrected chi connectivity index (χ2v) is 8.21. The van der Waals surface area contributed by atoms with E-state index >= 15 is 0 Å². The lowest BCUT2D eigenvalue weighted by atomic mass is 9.98. The molecule has 1 unspecified atom stereocenters. The zero-order valence-corrected chi connectivity index (χ0v) is 16.5. The second kappa shape index (κ2) is 7.66. The van der Waals surface area contributed by atoms with Crippen molar-refractivity contribution in [1.82, 2.24) is 19.4 Å². The molecular weight excluding hydrogens is 388 g/mol. The molecule has 0 radical (unpaired) electrons. The van der Waals surface area contributed by atoms with Gasteiger partial charge >= 0.3 is 6.03 Å². The first-order valence-corrected chi connectivity index (χ1v) is 10.4. The number of likely N-dealkylation sites (tertiary alicyclic amines) is 1. The van der Waals surface area contributed by atoms with Gasteiger partial charge in [-0.25, -0.2) is 23.5 Å². The average Bonchev–Trinajstić information content (AvgIpc) is 3.53. The molecule has 1 N–H and O–H groups in total. The van der Waals surface area contributed by atoms with E-state index in [0.29, 0.717) is 19.0 Å². The number of pyridine rings is 1. The molecule has 3 heterocycles. The molecule has 6 nitrogen and oxygen atoms in total. The maximum absolute atomic E-state index is 13.9. The molecule has 2 fully saturated rings. The Morgan fingerprint density at radius 3 is 2.90 bits per heavy atom. The van der Waals surface area contributed by atoms with Gasteiger partial charge in [0.2, 0.25) is 0 Å². The monoisotopic (exact) mass is 411 g/mol.